The Balaban J connectivity index is 2.52. The number of nitrogens with zero attached hydrogens (tertiary/aromatic N) is 2. The smallest absolute Gasteiger partial charge is 0.138 e. The minimum Gasteiger partial charge on any atom is -0.192 e. The van der Waals surface area contributed by atoms with Crippen LogP contribution >= 0.6 is 34.8 Å². The third-order valence-electron chi connectivity index (χ3n) is 3.32. The van der Waals surface area contributed by atoms with Crippen molar-refractivity contribution >= 4 is 40.4 Å². The summed E-state index contributed by atoms with van der Waals surface area (Å²) < 4.78 is 0. The lowest BCUT2D eigenvalue weighted by Crippen LogP contribution is -1.87. The van der Waals surface area contributed by atoms with Gasteiger partial charge in [-0.1, -0.05) is 40.9 Å². The maximum absolute atomic E-state index is 9.22. The molecule has 0 fully saturated rings. The van der Waals surface area contributed by atoms with E-state index in [1.165, 1.54) is 0 Å². The number of fused-ring (bicyclic) bond motifs is 3. The number of allylic oxidation sites excluding steroid dienone is 1. The number of nitriles is 2. The molecule has 3 rings (SSSR count). The van der Waals surface area contributed by atoms with Crippen LogP contribution in [0.5, 0.6) is 0 Å². The summed E-state index contributed by atoms with van der Waals surface area (Å²) in [6.07, 6.45) is 0. The third-order valence-corrected chi connectivity index (χ3v) is 4.07. The molecule has 0 spiro atoms. The van der Waals surface area contributed by atoms with E-state index in [1.54, 1.807) is 24.3 Å². The van der Waals surface area contributed by atoms with Gasteiger partial charge in [0.1, 0.15) is 17.7 Å². The van der Waals surface area contributed by atoms with Crippen molar-refractivity contribution in [3.63, 3.8) is 0 Å². The van der Waals surface area contributed by atoms with Crippen LogP contribution in [0.25, 0.3) is 16.7 Å². The zero-order valence-corrected chi connectivity index (χ0v) is 12.7. The summed E-state index contributed by atoms with van der Waals surface area (Å²) in [7, 11) is 0. The number of hydrogen-bond acceptors (Lipinski definition) is 2. The Morgan fingerprint density at radius 3 is 2.14 bits per heavy atom. The van der Waals surface area contributed by atoms with E-state index >= 15 is 0 Å². The van der Waals surface area contributed by atoms with Crippen LogP contribution in [0.15, 0.2) is 35.9 Å². The molecule has 0 amide bonds. The normalized spacial score (nSPS) is 11.4. The molecule has 0 unspecified atom stereocenters. The minimum atomic E-state index is 0.00981. The van der Waals surface area contributed by atoms with Crippen LogP contribution in [0.4, 0.5) is 0 Å². The molecule has 1 aliphatic carbocycles. The highest BCUT2D eigenvalue weighted by Gasteiger charge is 2.29. The van der Waals surface area contributed by atoms with Gasteiger partial charge in [0, 0.05) is 21.2 Å². The molecule has 0 atom stereocenters. The van der Waals surface area contributed by atoms with E-state index in [9.17, 15) is 10.5 Å². The predicted molar refractivity (Wildman–Crippen MR) is 84.2 cm³/mol. The van der Waals surface area contributed by atoms with Gasteiger partial charge in [-0.25, -0.2) is 0 Å². The number of rotatable bonds is 0. The van der Waals surface area contributed by atoms with E-state index in [4.69, 9.17) is 34.8 Å². The summed E-state index contributed by atoms with van der Waals surface area (Å²) in [6, 6.07) is 12.5. The Morgan fingerprint density at radius 1 is 0.810 bits per heavy atom. The average molecular weight is 332 g/mol. The number of benzene rings is 2. The minimum absolute atomic E-state index is 0.00981. The van der Waals surface area contributed by atoms with Crippen molar-refractivity contribution in [2.24, 2.45) is 0 Å². The molecule has 0 heterocycles. The van der Waals surface area contributed by atoms with Crippen LogP contribution in [0.3, 0.4) is 0 Å². The molecule has 0 N–H and O–H groups in total. The summed E-state index contributed by atoms with van der Waals surface area (Å²) in [5.74, 6) is 0. The van der Waals surface area contributed by atoms with Crippen LogP contribution in [-0.4, -0.2) is 0 Å². The second-order valence-electron chi connectivity index (χ2n) is 4.47. The highest BCUT2D eigenvalue weighted by atomic mass is 35.5. The second kappa shape index (κ2) is 5.10. The van der Waals surface area contributed by atoms with Crippen LogP contribution < -0.4 is 0 Å². The van der Waals surface area contributed by atoms with E-state index in [-0.39, 0.29) is 5.57 Å². The molecule has 2 aromatic carbocycles. The fourth-order valence-corrected chi connectivity index (χ4v) is 3.30. The van der Waals surface area contributed by atoms with Gasteiger partial charge < -0.3 is 0 Å². The summed E-state index contributed by atoms with van der Waals surface area (Å²) in [4.78, 5) is 0. The SMILES string of the molecule is N#CC(C#N)=C1c2cc(Cl)ccc2-c2c(Cl)cc(Cl)cc21. The molecule has 5 heteroatoms. The topological polar surface area (TPSA) is 47.6 Å². The van der Waals surface area contributed by atoms with Gasteiger partial charge in [0.25, 0.3) is 0 Å². The largest absolute Gasteiger partial charge is 0.192 e. The number of halogens is 3. The maximum atomic E-state index is 9.22. The van der Waals surface area contributed by atoms with Crippen molar-refractivity contribution in [3.05, 3.63) is 62.1 Å². The first-order valence-corrected chi connectivity index (χ1v) is 7.04. The van der Waals surface area contributed by atoms with Gasteiger partial charge in [0.15, 0.2) is 0 Å². The summed E-state index contributed by atoms with van der Waals surface area (Å²) in [5, 5.41) is 19.9. The monoisotopic (exact) mass is 330 g/mol. The lowest BCUT2D eigenvalue weighted by Gasteiger charge is -2.04. The van der Waals surface area contributed by atoms with Crippen LogP contribution in [0.1, 0.15) is 11.1 Å². The van der Waals surface area contributed by atoms with Gasteiger partial charge in [-0.2, -0.15) is 10.5 Å². The lowest BCUT2D eigenvalue weighted by molar-refractivity contribution is 1.46. The van der Waals surface area contributed by atoms with Crippen molar-refractivity contribution in [1.29, 1.82) is 10.5 Å². The fourth-order valence-electron chi connectivity index (χ4n) is 2.54. The van der Waals surface area contributed by atoms with E-state index in [2.05, 4.69) is 0 Å². The van der Waals surface area contributed by atoms with Crippen molar-refractivity contribution in [2.75, 3.05) is 0 Å². The van der Waals surface area contributed by atoms with Gasteiger partial charge in [0.2, 0.25) is 0 Å². The molecule has 0 saturated carbocycles. The Hall–Kier alpha value is -1.97. The quantitative estimate of drug-likeness (QED) is 0.512. The fraction of sp³-hybridized carbons (Fsp3) is 0. The molecule has 2 aromatic rings. The molecule has 0 bridgehead atoms. The highest BCUT2D eigenvalue weighted by molar-refractivity contribution is 6.38. The van der Waals surface area contributed by atoms with Gasteiger partial charge in [-0.15, -0.1) is 0 Å². The van der Waals surface area contributed by atoms with Crippen molar-refractivity contribution < 1.29 is 0 Å². The molecular weight excluding hydrogens is 327 g/mol. The molecule has 100 valence electrons. The molecule has 0 radical (unpaired) electrons. The Labute approximate surface area is 136 Å². The predicted octanol–water partition coefficient (Wildman–Crippen LogP) is 5.48. The highest BCUT2D eigenvalue weighted by Crippen LogP contribution is 2.50. The zero-order chi connectivity index (χ0) is 15.1. The first-order valence-electron chi connectivity index (χ1n) is 5.91. The summed E-state index contributed by atoms with van der Waals surface area (Å²) in [5.41, 5.74) is 3.55. The molecule has 1 aliphatic rings. The number of hydrogen-bond donors (Lipinski definition) is 0. The first kappa shape index (κ1) is 14.0. The molecule has 0 aromatic heterocycles. The maximum Gasteiger partial charge on any atom is 0.138 e. The van der Waals surface area contributed by atoms with E-state index in [1.807, 2.05) is 18.2 Å². The van der Waals surface area contributed by atoms with Crippen LogP contribution in [0.2, 0.25) is 15.1 Å². The van der Waals surface area contributed by atoms with Crippen LogP contribution in [-0.2, 0) is 0 Å². The van der Waals surface area contributed by atoms with E-state index in [0.29, 0.717) is 26.2 Å². The average Bonchev–Trinajstić information content (AvgIpc) is 2.74. The van der Waals surface area contributed by atoms with E-state index < -0.39 is 0 Å². The molecule has 21 heavy (non-hydrogen) atoms. The Kier molecular flexibility index (Phi) is 3.40. The Bertz CT molecular complexity index is 883. The van der Waals surface area contributed by atoms with Crippen LogP contribution in [0, 0.1) is 22.7 Å². The zero-order valence-electron chi connectivity index (χ0n) is 10.4. The molecular formula is C16H5Cl3N2. The van der Waals surface area contributed by atoms with Gasteiger partial charge >= 0.3 is 0 Å². The summed E-state index contributed by atoms with van der Waals surface area (Å²) >= 11 is 18.4. The Morgan fingerprint density at radius 2 is 1.48 bits per heavy atom. The summed E-state index contributed by atoms with van der Waals surface area (Å²) in [6.45, 7) is 0. The second-order valence-corrected chi connectivity index (χ2v) is 5.75. The van der Waals surface area contributed by atoms with Gasteiger partial charge in [-0.3, -0.25) is 0 Å². The molecule has 2 nitrogen and oxygen atoms in total. The molecule has 0 saturated heterocycles. The lowest BCUT2D eigenvalue weighted by atomic mass is 9.99. The van der Waals surface area contributed by atoms with Crippen molar-refractivity contribution in [3.8, 4) is 23.3 Å². The van der Waals surface area contributed by atoms with Gasteiger partial charge in [0.05, 0.1) is 5.02 Å². The van der Waals surface area contributed by atoms with Crippen molar-refractivity contribution in [2.45, 2.75) is 0 Å². The van der Waals surface area contributed by atoms with E-state index in [0.717, 1.165) is 16.7 Å². The molecule has 0 aliphatic heterocycles. The standard InChI is InChI=1S/C16H5Cl3N2/c17-9-1-2-11-12(3-9)15(8(6-20)7-21)13-4-10(18)5-14(19)16(11)13/h1-5H. The first-order chi connectivity index (χ1) is 10.1. The van der Waals surface area contributed by atoms with Gasteiger partial charge in [-0.05, 0) is 41.0 Å². The van der Waals surface area contributed by atoms with Crippen molar-refractivity contribution in [1.82, 2.24) is 0 Å². The third kappa shape index (κ3) is 2.09.